The van der Waals surface area contributed by atoms with E-state index in [-0.39, 0.29) is 0 Å². The zero-order chi connectivity index (χ0) is 21.8. The number of hydrogen-bond donors (Lipinski definition) is 2. The van der Waals surface area contributed by atoms with E-state index in [9.17, 15) is 4.79 Å². The molecule has 2 aromatic rings. The van der Waals surface area contributed by atoms with Gasteiger partial charge in [-0.3, -0.25) is 0 Å². The van der Waals surface area contributed by atoms with Crippen LogP contribution >= 0.6 is 0 Å². The molecule has 0 atom stereocenters. The van der Waals surface area contributed by atoms with Gasteiger partial charge in [-0.25, -0.2) is 15.6 Å². The van der Waals surface area contributed by atoms with Crippen molar-refractivity contribution >= 4 is 18.5 Å². The van der Waals surface area contributed by atoms with Crippen molar-refractivity contribution in [2.45, 2.75) is 13.8 Å². The molecule has 0 saturated heterocycles. The first-order valence-corrected chi connectivity index (χ1v) is 9.35. The highest BCUT2D eigenvalue weighted by Crippen LogP contribution is 2.23. The molecule has 0 aliphatic rings. The van der Waals surface area contributed by atoms with Crippen LogP contribution in [-0.4, -0.2) is 45.9 Å². The Bertz CT molecular complexity index is 827. The number of methoxy groups -OCH3 is 2. The summed E-state index contributed by atoms with van der Waals surface area (Å²) in [6.45, 7) is 4.77. The van der Waals surface area contributed by atoms with E-state index in [1.807, 2.05) is 13.8 Å². The molecule has 0 bridgehead atoms. The first-order valence-electron chi connectivity index (χ1n) is 9.35. The van der Waals surface area contributed by atoms with Crippen LogP contribution in [0.5, 0.6) is 23.0 Å². The predicted molar refractivity (Wildman–Crippen MR) is 115 cm³/mol. The number of rotatable bonds is 10. The van der Waals surface area contributed by atoms with E-state index in [1.165, 1.54) is 12.4 Å². The van der Waals surface area contributed by atoms with Crippen LogP contribution in [0.15, 0.2) is 46.6 Å². The molecule has 2 N–H and O–H groups in total. The minimum atomic E-state index is -0.607. The zero-order valence-corrected chi connectivity index (χ0v) is 17.5. The van der Waals surface area contributed by atoms with E-state index in [1.54, 1.807) is 50.6 Å². The SMILES string of the molecule is CCOc1ccc(OC)cc1C=NNC(=O)NN=Cc1cc(OC)ccc1OCC. The van der Waals surface area contributed by atoms with Gasteiger partial charge < -0.3 is 18.9 Å². The van der Waals surface area contributed by atoms with Crippen LogP contribution in [-0.2, 0) is 0 Å². The lowest BCUT2D eigenvalue weighted by Crippen LogP contribution is -2.28. The number of urea groups is 1. The summed E-state index contributed by atoms with van der Waals surface area (Å²) in [4.78, 5) is 11.9. The van der Waals surface area contributed by atoms with E-state index in [4.69, 9.17) is 18.9 Å². The maximum absolute atomic E-state index is 11.9. The Morgan fingerprint density at radius 1 is 0.833 bits per heavy atom. The van der Waals surface area contributed by atoms with Gasteiger partial charge >= 0.3 is 6.03 Å². The van der Waals surface area contributed by atoms with Crippen molar-refractivity contribution in [3.63, 3.8) is 0 Å². The molecular weight excluding hydrogens is 388 g/mol. The summed E-state index contributed by atoms with van der Waals surface area (Å²) < 4.78 is 21.5. The van der Waals surface area contributed by atoms with E-state index >= 15 is 0 Å². The standard InChI is InChI=1S/C21H26N4O5/c1-5-29-19-9-7-17(27-3)11-15(19)13-22-24-21(26)25-23-14-16-12-18(28-4)8-10-20(16)30-6-2/h7-14H,5-6H2,1-4H3,(H2,24,25,26). The summed E-state index contributed by atoms with van der Waals surface area (Å²) in [6.07, 6.45) is 2.93. The molecule has 0 aliphatic carbocycles. The fourth-order valence-corrected chi connectivity index (χ4v) is 2.43. The van der Waals surface area contributed by atoms with Crippen molar-refractivity contribution in [3.8, 4) is 23.0 Å². The topological polar surface area (TPSA) is 103 Å². The summed E-state index contributed by atoms with van der Waals surface area (Å²) in [6, 6.07) is 10.0. The van der Waals surface area contributed by atoms with Gasteiger partial charge in [0.15, 0.2) is 0 Å². The highest BCUT2D eigenvalue weighted by Gasteiger charge is 2.05. The lowest BCUT2D eigenvalue weighted by molar-refractivity contribution is 0.242. The minimum absolute atomic E-state index is 0.504. The zero-order valence-electron chi connectivity index (χ0n) is 17.5. The van der Waals surface area contributed by atoms with E-state index < -0.39 is 6.03 Å². The van der Waals surface area contributed by atoms with Gasteiger partial charge in [0.25, 0.3) is 0 Å². The van der Waals surface area contributed by atoms with Crippen LogP contribution in [0.3, 0.4) is 0 Å². The van der Waals surface area contributed by atoms with Crippen LogP contribution in [0.4, 0.5) is 4.79 Å². The number of hydrazone groups is 2. The average molecular weight is 414 g/mol. The lowest BCUT2D eigenvalue weighted by Gasteiger charge is -2.09. The quantitative estimate of drug-likeness (QED) is 0.459. The molecular formula is C21H26N4O5. The lowest BCUT2D eigenvalue weighted by atomic mass is 10.2. The van der Waals surface area contributed by atoms with Crippen molar-refractivity contribution in [3.05, 3.63) is 47.5 Å². The number of benzene rings is 2. The Kier molecular flexibility index (Phi) is 8.98. The average Bonchev–Trinajstić information content (AvgIpc) is 2.76. The number of amides is 2. The van der Waals surface area contributed by atoms with Gasteiger partial charge in [0, 0.05) is 11.1 Å². The normalized spacial score (nSPS) is 10.8. The van der Waals surface area contributed by atoms with Crippen LogP contribution in [0.25, 0.3) is 0 Å². The third-order valence-corrected chi connectivity index (χ3v) is 3.77. The molecule has 0 radical (unpaired) electrons. The molecule has 9 heteroatoms. The third kappa shape index (κ3) is 6.69. The van der Waals surface area contributed by atoms with Crippen molar-refractivity contribution < 1.29 is 23.7 Å². The predicted octanol–water partition coefficient (Wildman–Crippen LogP) is 3.17. The third-order valence-electron chi connectivity index (χ3n) is 3.77. The van der Waals surface area contributed by atoms with Gasteiger partial charge in [-0.15, -0.1) is 0 Å². The molecule has 2 rings (SSSR count). The Balaban J connectivity index is 1.99. The van der Waals surface area contributed by atoms with Gasteiger partial charge in [0.2, 0.25) is 0 Å². The summed E-state index contributed by atoms with van der Waals surface area (Å²) in [7, 11) is 3.14. The maximum atomic E-state index is 11.9. The minimum Gasteiger partial charge on any atom is -0.497 e. The van der Waals surface area contributed by atoms with E-state index in [0.29, 0.717) is 47.3 Å². The molecule has 0 fully saturated rings. The molecule has 0 heterocycles. The summed E-state index contributed by atoms with van der Waals surface area (Å²) in [5, 5.41) is 7.84. The first-order chi connectivity index (χ1) is 14.6. The number of nitrogens with zero attached hydrogens (tertiary/aromatic N) is 2. The number of ether oxygens (including phenoxy) is 4. The number of carbonyl (C=O) groups excluding carboxylic acids is 1. The Hall–Kier alpha value is -3.75. The van der Waals surface area contributed by atoms with Crippen LogP contribution in [0.2, 0.25) is 0 Å². The van der Waals surface area contributed by atoms with Gasteiger partial charge in [0.1, 0.15) is 23.0 Å². The molecule has 0 aromatic heterocycles. The highest BCUT2D eigenvalue weighted by atomic mass is 16.5. The molecule has 0 saturated carbocycles. The van der Waals surface area contributed by atoms with Gasteiger partial charge in [-0.05, 0) is 50.2 Å². The van der Waals surface area contributed by atoms with Crippen molar-refractivity contribution in [2.24, 2.45) is 10.2 Å². The van der Waals surface area contributed by atoms with Gasteiger partial charge in [-0.1, -0.05) is 0 Å². The molecule has 160 valence electrons. The number of nitrogens with one attached hydrogen (secondary N) is 2. The second-order valence-corrected chi connectivity index (χ2v) is 5.74. The Morgan fingerprint density at radius 2 is 1.27 bits per heavy atom. The fraction of sp³-hybridized carbons (Fsp3) is 0.286. The van der Waals surface area contributed by atoms with Gasteiger partial charge in [-0.2, -0.15) is 10.2 Å². The second-order valence-electron chi connectivity index (χ2n) is 5.74. The molecule has 0 unspecified atom stereocenters. The largest absolute Gasteiger partial charge is 0.497 e. The monoisotopic (exact) mass is 414 g/mol. The smallest absolute Gasteiger partial charge is 0.355 e. The van der Waals surface area contributed by atoms with Crippen molar-refractivity contribution in [2.75, 3.05) is 27.4 Å². The van der Waals surface area contributed by atoms with Crippen LogP contribution < -0.4 is 29.8 Å². The van der Waals surface area contributed by atoms with Crippen LogP contribution in [0.1, 0.15) is 25.0 Å². The Morgan fingerprint density at radius 3 is 1.63 bits per heavy atom. The second kappa shape index (κ2) is 11.9. The van der Waals surface area contributed by atoms with E-state index in [2.05, 4.69) is 21.1 Å². The fourth-order valence-electron chi connectivity index (χ4n) is 2.43. The summed E-state index contributed by atoms with van der Waals surface area (Å²) >= 11 is 0. The number of hydrogen-bond acceptors (Lipinski definition) is 7. The van der Waals surface area contributed by atoms with Gasteiger partial charge in [0.05, 0.1) is 39.9 Å². The number of carbonyl (C=O) groups is 1. The van der Waals surface area contributed by atoms with E-state index in [0.717, 1.165) is 0 Å². The molecule has 2 aromatic carbocycles. The van der Waals surface area contributed by atoms with Crippen LogP contribution in [0, 0.1) is 0 Å². The summed E-state index contributed by atoms with van der Waals surface area (Å²) in [5.41, 5.74) is 6.01. The molecule has 0 spiro atoms. The molecule has 0 aliphatic heterocycles. The molecule has 30 heavy (non-hydrogen) atoms. The van der Waals surface area contributed by atoms with Crippen molar-refractivity contribution in [1.82, 2.24) is 10.9 Å². The molecule has 9 nitrogen and oxygen atoms in total. The maximum Gasteiger partial charge on any atom is 0.355 e. The van der Waals surface area contributed by atoms with Crippen molar-refractivity contribution in [1.29, 1.82) is 0 Å². The molecule has 2 amide bonds. The highest BCUT2D eigenvalue weighted by molar-refractivity contribution is 5.87. The summed E-state index contributed by atoms with van der Waals surface area (Å²) in [5.74, 6) is 2.56. The first kappa shape index (κ1) is 22.5. The Labute approximate surface area is 175 Å².